The zero-order valence-electron chi connectivity index (χ0n) is 14.7. The van der Waals surface area contributed by atoms with E-state index in [-0.39, 0.29) is 24.0 Å². The van der Waals surface area contributed by atoms with E-state index in [0.29, 0.717) is 18.4 Å². The molecule has 0 aromatic carbocycles. The Morgan fingerprint density at radius 1 is 1.35 bits per heavy atom. The lowest BCUT2D eigenvalue weighted by molar-refractivity contribution is 0.341. The first-order chi connectivity index (χ1) is 10.6. The van der Waals surface area contributed by atoms with Gasteiger partial charge in [-0.3, -0.25) is 0 Å². The van der Waals surface area contributed by atoms with E-state index in [1.54, 1.807) is 0 Å². The molecule has 0 saturated carbocycles. The fraction of sp³-hybridized carbons (Fsp3) is 0.750. The molecule has 1 aromatic rings. The van der Waals surface area contributed by atoms with Crippen LogP contribution in [0.4, 0.5) is 0 Å². The molecule has 2 rings (SSSR count). The molecule has 1 aliphatic rings. The van der Waals surface area contributed by atoms with E-state index >= 15 is 0 Å². The molecule has 0 spiro atoms. The van der Waals surface area contributed by atoms with Crippen molar-refractivity contribution in [1.82, 2.24) is 20.5 Å². The summed E-state index contributed by atoms with van der Waals surface area (Å²) in [4.78, 5) is 11.4. The summed E-state index contributed by atoms with van der Waals surface area (Å²) in [5.41, 5.74) is 0.939. The number of hydrogen-bond donors (Lipinski definition) is 2. The SMILES string of the molecule is CCNC(=NCc1nc(C)c(C)o1)NCC1CCN(CC)C1.I. The van der Waals surface area contributed by atoms with Crippen molar-refractivity contribution in [3.8, 4) is 0 Å². The molecule has 0 radical (unpaired) electrons. The van der Waals surface area contributed by atoms with Crippen molar-refractivity contribution < 1.29 is 4.42 Å². The van der Waals surface area contributed by atoms with E-state index in [0.717, 1.165) is 37.0 Å². The fourth-order valence-electron chi connectivity index (χ4n) is 2.70. The number of nitrogens with zero attached hydrogens (tertiary/aromatic N) is 3. The molecule has 2 heterocycles. The molecule has 0 bridgehead atoms. The molecule has 23 heavy (non-hydrogen) atoms. The Morgan fingerprint density at radius 3 is 2.70 bits per heavy atom. The largest absolute Gasteiger partial charge is 0.444 e. The van der Waals surface area contributed by atoms with Gasteiger partial charge in [0.2, 0.25) is 5.89 Å². The average Bonchev–Trinajstić information content (AvgIpc) is 3.09. The molecule has 1 fully saturated rings. The molecule has 2 N–H and O–H groups in total. The smallest absolute Gasteiger partial charge is 0.216 e. The summed E-state index contributed by atoms with van der Waals surface area (Å²) in [5, 5.41) is 6.72. The van der Waals surface area contributed by atoms with E-state index in [1.807, 2.05) is 13.8 Å². The van der Waals surface area contributed by atoms with Gasteiger partial charge in [-0.15, -0.1) is 24.0 Å². The van der Waals surface area contributed by atoms with Crippen LogP contribution in [0.25, 0.3) is 0 Å². The highest BCUT2D eigenvalue weighted by Gasteiger charge is 2.21. The molecule has 7 heteroatoms. The topological polar surface area (TPSA) is 65.7 Å². The summed E-state index contributed by atoms with van der Waals surface area (Å²) < 4.78 is 5.57. The highest BCUT2D eigenvalue weighted by atomic mass is 127. The highest BCUT2D eigenvalue weighted by molar-refractivity contribution is 14.0. The number of aromatic nitrogens is 1. The predicted molar refractivity (Wildman–Crippen MR) is 104 cm³/mol. The standard InChI is InChI=1S/C16H29N5O.HI/c1-5-17-16(18-9-14-7-8-21(6-2)11-14)19-10-15-20-12(3)13(4)22-15;/h14H,5-11H2,1-4H3,(H2,17,18,19);1H. The van der Waals surface area contributed by atoms with Gasteiger partial charge in [0.25, 0.3) is 0 Å². The van der Waals surface area contributed by atoms with Crippen LogP contribution in [0, 0.1) is 19.8 Å². The summed E-state index contributed by atoms with van der Waals surface area (Å²) >= 11 is 0. The highest BCUT2D eigenvalue weighted by Crippen LogP contribution is 2.14. The van der Waals surface area contributed by atoms with Crippen molar-refractivity contribution in [1.29, 1.82) is 0 Å². The first-order valence-electron chi connectivity index (χ1n) is 8.29. The number of nitrogens with one attached hydrogen (secondary N) is 2. The van der Waals surface area contributed by atoms with Crippen LogP contribution in [0.3, 0.4) is 0 Å². The second-order valence-electron chi connectivity index (χ2n) is 5.87. The molecule has 6 nitrogen and oxygen atoms in total. The summed E-state index contributed by atoms with van der Waals surface area (Å²) in [6.45, 7) is 14.0. The number of hydrogen-bond acceptors (Lipinski definition) is 4. The van der Waals surface area contributed by atoms with Crippen molar-refractivity contribution >= 4 is 29.9 Å². The monoisotopic (exact) mass is 435 g/mol. The summed E-state index contributed by atoms with van der Waals surface area (Å²) in [6.07, 6.45) is 1.26. The normalized spacial score (nSPS) is 18.8. The average molecular weight is 435 g/mol. The number of guanidine groups is 1. The van der Waals surface area contributed by atoms with Gasteiger partial charge in [0.1, 0.15) is 12.3 Å². The Labute approximate surface area is 156 Å². The van der Waals surface area contributed by atoms with Crippen molar-refractivity contribution in [2.24, 2.45) is 10.9 Å². The van der Waals surface area contributed by atoms with Crippen molar-refractivity contribution in [2.45, 2.75) is 40.7 Å². The number of rotatable bonds is 6. The lowest BCUT2D eigenvalue weighted by Crippen LogP contribution is -2.40. The van der Waals surface area contributed by atoms with Crippen molar-refractivity contribution in [2.75, 3.05) is 32.7 Å². The van der Waals surface area contributed by atoms with Crippen molar-refractivity contribution in [3.63, 3.8) is 0 Å². The Kier molecular flexibility index (Phi) is 8.90. The van der Waals surface area contributed by atoms with Gasteiger partial charge in [-0.05, 0) is 46.2 Å². The second kappa shape index (κ2) is 10.1. The molecule has 1 saturated heterocycles. The van der Waals surface area contributed by atoms with Gasteiger partial charge in [-0.2, -0.15) is 0 Å². The zero-order chi connectivity index (χ0) is 15.9. The van der Waals surface area contributed by atoms with Crippen molar-refractivity contribution in [3.05, 3.63) is 17.3 Å². The molecular formula is C16H30IN5O. The van der Waals surface area contributed by atoms with Gasteiger partial charge in [0, 0.05) is 19.6 Å². The minimum atomic E-state index is 0. The van der Waals surface area contributed by atoms with Crippen LogP contribution in [-0.4, -0.2) is 48.6 Å². The first kappa shape index (κ1) is 20.2. The van der Waals surface area contributed by atoms with Gasteiger partial charge >= 0.3 is 0 Å². The Bertz CT molecular complexity index is 483. The number of oxazole rings is 1. The minimum absolute atomic E-state index is 0. The van der Waals surface area contributed by atoms with E-state index < -0.39 is 0 Å². The second-order valence-corrected chi connectivity index (χ2v) is 5.87. The molecule has 0 aliphatic carbocycles. The molecule has 1 aliphatic heterocycles. The van der Waals surface area contributed by atoms with E-state index in [4.69, 9.17) is 4.42 Å². The first-order valence-corrected chi connectivity index (χ1v) is 8.29. The van der Waals surface area contributed by atoms with Crippen LogP contribution in [0.2, 0.25) is 0 Å². The van der Waals surface area contributed by atoms with Crippen LogP contribution in [-0.2, 0) is 6.54 Å². The number of aliphatic imine (C=N–C) groups is 1. The fourth-order valence-corrected chi connectivity index (χ4v) is 2.70. The maximum atomic E-state index is 5.57. The van der Waals surface area contributed by atoms with Crippen LogP contribution in [0.5, 0.6) is 0 Å². The van der Waals surface area contributed by atoms with Crippen LogP contribution in [0.15, 0.2) is 9.41 Å². The molecule has 132 valence electrons. The number of halogens is 1. The Balaban J connectivity index is 0.00000264. The molecule has 1 aromatic heterocycles. The number of aryl methyl sites for hydroxylation is 2. The van der Waals surface area contributed by atoms with E-state index in [2.05, 4.69) is 39.4 Å². The lowest BCUT2D eigenvalue weighted by atomic mass is 10.1. The Hall–Kier alpha value is -0.830. The van der Waals surface area contributed by atoms with Gasteiger partial charge in [0.05, 0.1) is 5.69 Å². The summed E-state index contributed by atoms with van der Waals surface area (Å²) in [5.74, 6) is 3.08. The predicted octanol–water partition coefficient (Wildman–Crippen LogP) is 2.31. The zero-order valence-corrected chi connectivity index (χ0v) is 17.0. The van der Waals surface area contributed by atoms with Gasteiger partial charge in [-0.25, -0.2) is 9.98 Å². The van der Waals surface area contributed by atoms with Crippen LogP contribution < -0.4 is 10.6 Å². The third-order valence-corrected chi connectivity index (χ3v) is 4.16. The van der Waals surface area contributed by atoms with E-state index in [9.17, 15) is 0 Å². The molecule has 1 unspecified atom stereocenters. The van der Waals surface area contributed by atoms with Gasteiger partial charge in [-0.1, -0.05) is 6.92 Å². The van der Waals surface area contributed by atoms with E-state index in [1.165, 1.54) is 19.5 Å². The van der Waals surface area contributed by atoms with Gasteiger partial charge in [0.15, 0.2) is 5.96 Å². The van der Waals surface area contributed by atoms with Crippen LogP contribution in [0.1, 0.15) is 37.6 Å². The molecular weight excluding hydrogens is 405 g/mol. The van der Waals surface area contributed by atoms with Gasteiger partial charge < -0.3 is 20.0 Å². The molecule has 1 atom stereocenters. The summed E-state index contributed by atoms with van der Waals surface area (Å²) in [6, 6.07) is 0. The quantitative estimate of drug-likeness (QED) is 0.408. The molecule has 0 amide bonds. The third-order valence-electron chi connectivity index (χ3n) is 4.16. The summed E-state index contributed by atoms with van der Waals surface area (Å²) in [7, 11) is 0. The third kappa shape index (κ3) is 6.29. The van der Waals surface area contributed by atoms with Crippen LogP contribution >= 0.6 is 24.0 Å². The number of likely N-dealkylation sites (tertiary alicyclic amines) is 1. The maximum Gasteiger partial charge on any atom is 0.216 e. The minimum Gasteiger partial charge on any atom is -0.444 e. The lowest BCUT2D eigenvalue weighted by Gasteiger charge is -2.16. The Morgan fingerprint density at radius 2 is 2.13 bits per heavy atom. The maximum absolute atomic E-state index is 5.57.